The maximum absolute atomic E-state index is 13.9. The number of carbonyl (C=O) groups excluding carboxylic acids is 1. The second kappa shape index (κ2) is 10.4. The van der Waals surface area contributed by atoms with Gasteiger partial charge in [-0.1, -0.05) is 13.3 Å². The molecule has 6 nitrogen and oxygen atoms in total. The van der Waals surface area contributed by atoms with Gasteiger partial charge in [-0.2, -0.15) is 4.31 Å². The molecular formula is C20H31F2N3O3S. The van der Waals surface area contributed by atoms with Crippen LogP contribution in [0.5, 0.6) is 0 Å². The maximum Gasteiger partial charge on any atom is 0.246 e. The molecule has 9 heteroatoms. The first-order valence-corrected chi connectivity index (χ1v) is 11.5. The molecule has 164 valence electrons. The van der Waals surface area contributed by atoms with E-state index in [2.05, 4.69) is 17.1 Å². The number of hydrogen-bond acceptors (Lipinski definition) is 4. The van der Waals surface area contributed by atoms with Crippen molar-refractivity contribution in [2.45, 2.75) is 50.5 Å². The van der Waals surface area contributed by atoms with Gasteiger partial charge in [0.1, 0.15) is 16.5 Å². The number of benzene rings is 1. The van der Waals surface area contributed by atoms with Crippen LogP contribution in [0.3, 0.4) is 0 Å². The number of sulfonamides is 1. The molecule has 1 heterocycles. The van der Waals surface area contributed by atoms with E-state index >= 15 is 0 Å². The second-order valence-electron chi connectivity index (χ2n) is 7.78. The summed E-state index contributed by atoms with van der Waals surface area (Å²) in [5, 5.41) is 3.00. The largest absolute Gasteiger partial charge is 0.352 e. The molecule has 0 saturated carbocycles. The van der Waals surface area contributed by atoms with Crippen LogP contribution in [0.2, 0.25) is 0 Å². The number of piperidine rings is 1. The van der Waals surface area contributed by atoms with Gasteiger partial charge in [-0.15, -0.1) is 0 Å². The van der Waals surface area contributed by atoms with E-state index in [1.807, 2.05) is 14.0 Å². The summed E-state index contributed by atoms with van der Waals surface area (Å²) in [5.41, 5.74) is 0. The van der Waals surface area contributed by atoms with Crippen molar-refractivity contribution in [1.82, 2.24) is 14.5 Å². The summed E-state index contributed by atoms with van der Waals surface area (Å²) in [6, 6.07) is 2.38. The summed E-state index contributed by atoms with van der Waals surface area (Å²) >= 11 is 0. The molecule has 1 aliphatic heterocycles. The summed E-state index contributed by atoms with van der Waals surface area (Å²) in [6.07, 6.45) is 2.92. The predicted molar refractivity (Wildman–Crippen MR) is 108 cm³/mol. The minimum Gasteiger partial charge on any atom is -0.352 e. The first-order valence-electron chi connectivity index (χ1n) is 10.1. The first-order chi connectivity index (χ1) is 13.6. The quantitative estimate of drug-likeness (QED) is 0.653. The van der Waals surface area contributed by atoms with Gasteiger partial charge in [-0.3, -0.25) is 4.79 Å². The van der Waals surface area contributed by atoms with Crippen molar-refractivity contribution in [2.75, 3.05) is 33.2 Å². The Labute approximate surface area is 172 Å². The fourth-order valence-corrected chi connectivity index (χ4v) is 5.11. The fraction of sp³-hybridized carbons (Fsp3) is 0.650. The zero-order chi connectivity index (χ0) is 21.6. The van der Waals surface area contributed by atoms with Crippen LogP contribution in [0, 0.1) is 17.6 Å². The molecule has 1 saturated heterocycles. The van der Waals surface area contributed by atoms with Crippen molar-refractivity contribution in [1.29, 1.82) is 0 Å². The number of hydrogen-bond donors (Lipinski definition) is 1. The molecule has 0 radical (unpaired) electrons. The predicted octanol–water partition coefficient (Wildman–Crippen LogP) is 2.60. The van der Waals surface area contributed by atoms with E-state index in [0.29, 0.717) is 18.9 Å². The Morgan fingerprint density at radius 2 is 1.97 bits per heavy atom. The molecule has 0 aromatic heterocycles. The molecule has 2 rings (SSSR count). The Hall–Kier alpha value is -1.58. The van der Waals surface area contributed by atoms with Crippen LogP contribution in [0.4, 0.5) is 8.78 Å². The van der Waals surface area contributed by atoms with E-state index in [1.165, 1.54) is 0 Å². The van der Waals surface area contributed by atoms with Gasteiger partial charge in [0.2, 0.25) is 15.9 Å². The van der Waals surface area contributed by atoms with Gasteiger partial charge < -0.3 is 10.2 Å². The molecule has 0 spiro atoms. The molecule has 0 unspecified atom stereocenters. The van der Waals surface area contributed by atoms with Crippen molar-refractivity contribution < 1.29 is 22.0 Å². The lowest BCUT2D eigenvalue weighted by Crippen LogP contribution is -2.47. The summed E-state index contributed by atoms with van der Waals surface area (Å²) in [4.78, 5) is 14.0. The van der Waals surface area contributed by atoms with E-state index < -0.39 is 26.6 Å². The van der Waals surface area contributed by atoms with E-state index in [-0.39, 0.29) is 31.0 Å². The number of rotatable bonds is 9. The highest BCUT2D eigenvalue weighted by Gasteiger charge is 2.34. The van der Waals surface area contributed by atoms with Crippen LogP contribution in [0.25, 0.3) is 0 Å². The van der Waals surface area contributed by atoms with Gasteiger partial charge in [0.05, 0.1) is 0 Å². The lowest BCUT2D eigenvalue weighted by atomic mass is 9.97. The van der Waals surface area contributed by atoms with Crippen LogP contribution in [-0.4, -0.2) is 62.8 Å². The monoisotopic (exact) mass is 431 g/mol. The van der Waals surface area contributed by atoms with Crippen molar-refractivity contribution in [3.63, 3.8) is 0 Å². The summed E-state index contributed by atoms with van der Waals surface area (Å²) < 4.78 is 53.7. The van der Waals surface area contributed by atoms with Gasteiger partial charge in [-0.25, -0.2) is 17.2 Å². The molecule has 29 heavy (non-hydrogen) atoms. The van der Waals surface area contributed by atoms with Crippen LogP contribution in [0.15, 0.2) is 23.1 Å². The van der Waals surface area contributed by atoms with Crippen LogP contribution >= 0.6 is 0 Å². The van der Waals surface area contributed by atoms with Crippen molar-refractivity contribution in [3.05, 3.63) is 29.8 Å². The third kappa shape index (κ3) is 6.45. The molecule has 0 bridgehead atoms. The molecule has 1 aliphatic rings. The zero-order valence-corrected chi connectivity index (χ0v) is 18.1. The Bertz CT molecular complexity index is 796. The minimum atomic E-state index is -4.13. The van der Waals surface area contributed by atoms with Crippen LogP contribution in [-0.2, 0) is 14.8 Å². The van der Waals surface area contributed by atoms with E-state index in [9.17, 15) is 22.0 Å². The highest BCUT2D eigenvalue weighted by molar-refractivity contribution is 7.89. The fourth-order valence-electron chi connectivity index (χ4n) is 3.57. The number of carbonyl (C=O) groups is 1. The second-order valence-corrected chi connectivity index (χ2v) is 9.68. The molecule has 1 N–H and O–H groups in total. The van der Waals surface area contributed by atoms with E-state index in [0.717, 1.165) is 42.4 Å². The number of nitrogens with zero attached hydrogens (tertiary/aromatic N) is 2. The Kier molecular flexibility index (Phi) is 8.54. The third-order valence-electron chi connectivity index (χ3n) is 5.20. The Morgan fingerprint density at radius 1 is 1.31 bits per heavy atom. The normalized spacial score (nSPS) is 17.4. The number of halogens is 2. The first kappa shape index (κ1) is 23.7. The van der Waals surface area contributed by atoms with Gasteiger partial charge in [-0.05, 0) is 58.0 Å². The van der Waals surface area contributed by atoms with Crippen LogP contribution in [0.1, 0.15) is 39.5 Å². The van der Waals surface area contributed by atoms with Gasteiger partial charge in [0, 0.05) is 31.6 Å². The number of amides is 1. The highest BCUT2D eigenvalue weighted by Crippen LogP contribution is 2.26. The Morgan fingerprint density at radius 3 is 2.59 bits per heavy atom. The van der Waals surface area contributed by atoms with Crippen LogP contribution < -0.4 is 5.32 Å². The standard InChI is InChI=1S/C20H31F2N3O3S/c1-4-5-10-24(3)14-15(2)23-20(26)16-8-11-25(12-9-16)29(27,28)19-13-17(21)6-7-18(19)22/h6-7,13,15-16H,4-5,8-12,14H2,1-3H3,(H,23,26)/t15-/m1/s1. The van der Waals surface area contributed by atoms with Gasteiger partial charge in [0.25, 0.3) is 0 Å². The summed E-state index contributed by atoms with van der Waals surface area (Å²) in [5.74, 6) is -2.16. The number of nitrogens with one attached hydrogen (secondary N) is 1. The topological polar surface area (TPSA) is 69.7 Å². The number of likely N-dealkylation sites (N-methyl/N-ethyl adjacent to an activating group) is 1. The lowest BCUT2D eigenvalue weighted by Gasteiger charge is -2.31. The maximum atomic E-state index is 13.9. The van der Waals surface area contributed by atoms with E-state index in [1.54, 1.807) is 0 Å². The SMILES string of the molecule is CCCCN(C)C[C@@H](C)NC(=O)C1CCN(S(=O)(=O)c2cc(F)ccc2F)CC1. The highest BCUT2D eigenvalue weighted by atomic mass is 32.2. The van der Waals surface area contributed by atoms with Crippen molar-refractivity contribution in [3.8, 4) is 0 Å². The summed E-state index contributed by atoms with van der Waals surface area (Å²) in [6.45, 7) is 6.00. The zero-order valence-electron chi connectivity index (χ0n) is 17.3. The molecule has 0 aliphatic carbocycles. The molecular weight excluding hydrogens is 400 g/mol. The summed E-state index contributed by atoms with van der Waals surface area (Å²) in [7, 11) is -2.11. The average Bonchev–Trinajstić information content (AvgIpc) is 2.68. The Balaban J connectivity index is 1.89. The molecule has 1 aromatic carbocycles. The molecule has 1 fully saturated rings. The van der Waals surface area contributed by atoms with E-state index in [4.69, 9.17) is 0 Å². The lowest BCUT2D eigenvalue weighted by molar-refractivity contribution is -0.126. The average molecular weight is 432 g/mol. The minimum absolute atomic E-state index is 0.00694. The third-order valence-corrected chi connectivity index (χ3v) is 7.12. The van der Waals surface area contributed by atoms with Crippen molar-refractivity contribution in [2.24, 2.45) is 5.92 Å². The molecule has 1 aromatic rings. The smallest absolute Gasteiger partial charge is 0.246 e. The van der Waals surface area contributed by atoms with Gasteiger partial charge in [0.15, 0.2) is 0 Å². The molecule has 1 atom stereocenters. The molecule has 1 amide bonds. The van der Waals surface area contributed by atoms with Crippen molar-refractivity contribution >= 4 is 15.9 Å². The van der Waals surface area contributed by atoms with Gasteiger partial charge >= 0.3 is 0 Å². The number of unbranched alkanes of at least 4 members (excludes halogenated alkanes) is 1.